The lowest BCUT2D eigenvalue weighted by molar-refractivity contribution is 0.269. The Morgan fingerprint density at radius 2 is 2.46 bits per heavy atom. The van der Waals surface area contributed by atoms with Crippen LogP contribution in [0, 0.1) is 0 Å². The number of hydrogen-bond donors (Lipinski definition) is 2. The predicted octanol–water partition coefficient (Wildman–Crippen LogP) is 1.61. The third kappa shape index (κ3) is 2.91. The van der Waals surface area contributed by atoms with Crippen molar-refractivity contribution in [1.82, 2.24) is 4.98 Å². The van der Waals surface area contributed by atoms with Crippen molar-refractivity contribution >= 4 is 22.9 Å². The number of rotatable bonds is 4. The van der Waals surface area contributed by atoms with Crippen LogP contribution in [0.2, 0.25) is 4.34 Å². The standard InChI is InChI=1S/C8H13ClN2OS/c1-5(10)6(2-3-12)8-11-4-7(9)13-8/h4-6,12H,2-3,10H2,1H3. The topological polar surface area (TPSA) is 59.1 Å². The van der Waals surface area contributed by atoms with Crippen LogP contribution in [0.1, 0.15) is 24.3 Å². The number of halogens is 1. The Hall–Kier alpha value is -0.160. The molecule has 0 aliphatic rings. The van der Waals surface area contributed by atoms with Gasteiger partial charge in [-0.15, -0.1) is 11.3 Å². The average molecular weight is 221 g/mol. The number of aromatic nitrogens is 1. The molecule has 0 saturated heterocycles. The first kappa shape index (κ1) is 10.9. The molecule has 2 unspecified atom stereocenters. The van der Waals surface area contributed by atoms with E-state index in [4.69, 9.17) is 22.4 Å². The zero-order chi connectivity index (χ0) is 9.84. The molecule has 0 amide bonds. The highest BCUT2D eigenvalue weighted by atomic mass is 35.5. The summed E-state index contributed by atoms with van der Waals surface area (Å²) in [6.07, 6.45) is 2.26. The number of nitrogens with zero attached hydrogens (tertiary/aromatic N) is 1. The lowest BCUT2D eigenvalue weighted by atomic mass is 9.99. The molecule has 0 aliphatic heterocycles. The molecule has 13 heavy (non-hydrogen) atoms. The van der Waals surface area contributed by atoms with Crippen LogP contribution in [0.5, 0.6) is 0 Å². The van der Waals surface area contributed by atoms with Crippen LogP contribution >= 0.6 is 22.9 Å². The Bertz CT molecular complexity index is 264. The van der Waals surface area contributed by atoms with Gasteiger partial charge in [0, 0.05) is 18.6 Å². The Morgan fingerprint density at radius 3 is 2.85 bits per heavy atom. The minimum Gasteiger partial charge on any atom is -0.396 e. The van der Waals surface area contributed by atoms with Crippen molar-refractivity contribution in [3.05, 3.63) is 15.5 Å². The number of aliphatic hydroxyl groups is 1. The van der Waals surface area contributed by atoms with Crippen LogP contribution in [0.4, 0.5) is 0 Å². The lowest BCUT2D eigenvalue weighted by Crippen LogP contribution is -2.25. The van der Waals surface area contributed by atoms with Crippen LogP contribution in [0.15, 0.2) is 6.20 Å². The van der Waals surface area contributed by atoms with E-state index in [-0.39, 0.29) is 18.6 Å². The normalized spacial score (nSPS) is 15.7. The second kappa shape index (κ2) is 4.91. The quantitative estimate of drug-likeness (QED) is 0.811. The molecule has 0 radical (unpaired) electrons. The van der Waals surface area contributed by atoms with Crippen LogP contribution in [-0.2, 0) is 0 Å². The number of aliphatic hydroxyl groups excluding tert-OH is 1. The van der Waals surface area contributed by atoms with Crippen molar-refractivity contribution < 1.29 is 5.11 Å². The predicted molar refractivity (Wildman–Crippen MR) is 55.2 cm³/mol. The van der Waals surface area contributed by atoms with Gasteiger partial charge in [-0.2, -0.15) is 0 Å². The smallest absolute Gasteiger partial charge is 0.113 e. The van der Waals surface area contributed by atoms with Gasteiger partial charge in [0.05, 0.1) is 11.2 Å². The summed E-state index contributed by atoms with van der Waals surface area (Å²) in [7, 11) is 0. The van der Waals surface area contributed by atoms with Gasteiger partial charge in [0.25, 0.3) is 0 Å². The van der Waals surface area contributed by atoms with E-state index in [1.54, 1.807) is 6.20 Å². The Kier molecular flexibility index (Phi) is 4.12. The minimum absolute atomic E-state index is 0.00522. The molecule has 2 atom stereocenters. The van der Waals surface area contributed by atoms with Crippen molar-refractivity contribution in [3.63, 3.8) is 0 Å². The molecular formula is C8H13ClN2OS. The monoisotopic (exact) mass is 220 g/mol. The van der Waals surface area contributed by atoms with Crippen molar-refractivity contribution in [2.24, 2.45) is 5.73 Å². The molecule has 1 heterocycles. The van der Waals surface area contributed by atoms with Gasteiger partial charge in [0.1, 0.15) is 4.34 Å². The van der Waals surface area contributed by atoms with Gasteiger partial charge in [-0.1, -0.05) is 11.6 Å². The summed E-state index contributed by atoms with van der Waals surface area (Å²) in [5.41, 5.74) is 5.78. The van der Waals surface area contributed by atoms with Gasteiger partial charge in [-0.25, -0.2) is 4.98 Å². The van der Waals surface area contributed by atoms with Gasteiger partial charge in [0.15, 0.2) is 0 Å². The summed E-state index contributed by atoms with van der Waals surface area (Å²) in [6.45, 7) is 2.04. The third-order valence-corrected chi connectivity index (χ3v) is 3.13. The fourth-order valence-corrected chi connectivity index (χ4v) is 2.37. The zero-order valence-electron chi connectivity index (χ0n) is 7.40. The second-order valence-electron chi connectivity index (χ2n) is 2.98. The van der Waals surface area contributed by atoms with Gasteiger partial charge in [-0.3, -0.25) is 0 Å². The van der Waals surface area contributed by atoms with Gasteiger partial charge in [0.2, 0.25) is 0 Å². The Labute approximate surface area is 86.6 Å². The summed E-state index contributed by atoms with van der Waals surface area (Å²) in [5, 5.41) is 9.75. The van der Waals surface area contributed by atoms with Crippen LogP contribution < -0.4 is 5.73 Å². The highest BCUT2D eigenvalue weighted by Crippen LogP contribution is 2.28. The van der Waals surface area contributed by atoms with Crippen molar-refractivity contribution in [2.45, 2.75) is 25.3 Å². The molecule has 0 bridgehead atoms. The van der Waals surface area contributed by atoms with E-state index < -0.39 is 0 Å². The fraction of sp³-hybridized carbons (Fsp3) is 0.625. The van der Waals surface area contributed by atoms with E-state index in [0.29, 0.717) is 10.8 Å². The molecule has 0 saturated carbocycles. The van der Waals surface area contributed by atoms with E-state index >= 15 is 0 Å². The van der Waals surface area contributed by atoms with E-state index in [2.05, 4.69) is 4.98 Å². The highest BCUT2D eigenvalue weighted by Gasteiger charge is 2.18. The largest absolute Gasteiger partial charge is 0.396 e. The summed E-state index contributed by atoms with van der Waals surface area (Å²) < 4.78 is 0.665. The molecule has 0 spiro atoms. The van der Waals surface area contributed by atoms with Crippen molar-refractivity contribution in [2.75, 3.05) is 6.61 Å². The Balaban J connectivity index is 2.75. The maximum absolute atomic E-state index is 8.84. The van der Waals surface area contributed by atoms with Crippen molar-refractivity contribution in [1.29, 1.82) is 0 Å². The van der Waals surface area contributed by atoms with E-state index in [1.807, 2.05) is 6.92 Å². The van der Waals surface area contributed by atoms with E-state index in [1.165, 1.54) is 11.3 Å². The molecule has 74 valence electrons. The first-order valence-corrected chi connectivity index (χ1v) is 5.32. The minimum atomic E-state index is -0.00522. The second-order valence-corrected chi connectivity index (χ2v) is 4.67. The molecular weight excluding hydrogens is 208 g/mol. The van der Waals surface area contributed by atoms with Crippen molar-refractivity contribution in [3.8, 4) is 0 Å². The molecule has 3 N–H and O–H groups in total. The number of nitrogens with two attached hydrogens (primary N) is 1. The third-order valence-electron chi connectivity index (χ3n) is 1.89. The average Bonchev–Trinajstić information content (AvgIpc) is 2.46. The van der Waals surface area contributed by atoms with Crippen LogP contribution in [0.3, 0.4) is 0 Å². The first-order valence-electron chi connectivity index (χ1n) is 4.12. The maximum atomic E-state index is 8.84. The van der Waals surface area contributed by atoms with Crippen LogP contribution in [0.25, 0.3) is 0 Å². The van der Waals surface area contributed by atoms with E-state index in [9.17, 15) is 0 Å². The van der Waals surface area contributed by atoms with Gasteiger partial charge in [-0.05, 0) is 13.3 Å². The molecule has 1 aromatic rings. The summed E-state index contributed by atoms with van der Waals surface area (Å²) >= 11 is 7.19. The SMILES string of the molecule is CC(N)C(CCO)c1ncc(Cl)s1. The summed E-state index contributed by atoms with van der Waals surface area (Å²) in [6, 6.07) is -0.00522. The molecule has 0 fully saturated rings. The molecule has 1 aromatic heterocycles. The van der Waals surface area contributed by atoms with Gasteiger partial charge < -0.3 is 10.8 Å². The molecule has 0 aliphatic carbocycles. The zero-order valence-corrected chi connectivity index (χ0v) is 8.98. The molecule has 5 heteroatoms. The number of hydrogen-bond acceptors (Lipinski definition) is 4. The fourth-order valence-electron chi connectivity index (χ4n) is 1.19. The molecule has 3 nitrogen and oxygen atoms in total. The Morgan fingerprint density at radius 1 is 1.77 bits per heavy atom. The van der Waals surface area contributed by atoms with Gasteiger partial charge >= 0.3 is 0 Å². The highest BCUT2D eigenvalue weighted by molar-refractivity contribution is 7.15. The van der Waals surface area contributed by atoms with Crippen LogP contribution in [-0.4, -0.2) is 22.7 Å². The maximum Gasteiger partial charge on any atom is 0.113 e. The lowest BCUT2D eigenvalue weighted by Gasteiger charge is -2.16. The summed E-state index contributed by atoms with van der Waals surface area (Å²) in [4.78, 5) is 4.15. The first-order chi connectivity index (χ1) is 6.15. The van der Waals surface area contributed by atoms with E-state index in [0.717, 1.165) is 5.01 Å². The summed E-state index contributed by atoms with van der Waals surface area (Å²) in [5.74, 6) is 0.113. The molecule has 1 rings (SSSR count). The number of thiazole rings is 1. The molecule has 0 aromatic carbocycles.